The molecule has 0 amide bonds. The van der Waals surface area contributed by atoms with Gasteiger partial charge in [0.05, 0.1) is 0 Å². The van der Waals surface area contributed by atoms with Crippen LogP contribution in [-0.2, 0) is 0 Å². The number of hydrogen-bond acceptors (Lipinski definition) is 8. The molecule has 0 aliphatic rings. The van der Waals surface area contributed by atoms with Gasteiger partial charge in [-0.1, -0.05) is 0 Å². The van der Waals surface area contributed by atoms with Gasteiger partial charge < -0.3 is 21.9 Å². The molecule has 0 aromatic carbocycles. The molecule has 16 heavy (non-hydrogen) atoms. The highest BCUT2D eigenvalue weighted by Crippen LogP contribution is 1.94. The normalized spacial score (nSPS) is 7.50. The Morgan fingerprint density at radius 2 is 1.56 bits per heavy atom. The second-order valence-electron chi connectivity index (χ2n) is 1.82. The lowest BCUT2D eigenvalue weighted by atomic mass is 10.6. The Morgan fingerprint density at radius 3 is 1.75 bits per heavy atom. The largest absolute Gasteiger partial charge is 0.384 e. The molecule has 6 N–H and O–H groups in total. The maximum Gasteiger partial charge on any atom is 0.291 e. The summed E-state index contributed by atoms with van der Waals surface area (Å²) < 4.78 is 0. The van der Waals surface area contributed by atoms with Crippen LogP contribution in [0.5, 0.6) is 0 Å². The first kappa shape index (κ1) is 15.5. The molecule has 0 atom stereocenters. The molecule has 0 aliphatic carbocycles. The van der Waals surface area contributed by atoms with E-state index < -0.39 is 10.2 Å². The highest BCUT2D eigenvalue weighted by molar-refractivity contribution is 5.31. The smallest absolute Gasteiger partial charge is 0.291 e. The van der Waals surface area contributed by atoms with Crippen molar-refractivity contribution in [3.8, 4) is 0 Å². The SMILES string of the molecule is Nc1ccnc(N)n1.O=[N+]([O-])O.O=[N+]([O-])O. The van der Waals surface area contributed by atoms with Crippen molar-refractivity contribution in [3.05, 3.63) is 32.5 Å². The third-order valence-electron chi connectivity index (χ3n) is 0.696. The number of aromatic nitrogens is 2. The van der Waals surface area contributed by atoms with E-state index in [0.29, 0.717) is 5.82 Å². The van der Waals surface area contributed by atoms with E-state index in [1.54, 1.807) is 6.07 Å². The maximum atomic E-state index is 8.36. The van der Waals surface area contributed by atoms with Crippen molar-refractivity contribution in [1.82, 2.24) is 9.97 Å². The molecule has 1 aromatic heterocycles. The number of rotatable bonds is 0. The van der Waals surface area contributed by atoms with Crippen molar-refractivity contribution in [2.45, 2.75) is 0 Å². The molecular formula is C4H8N6O6. The van der Waals surface area contributed by atoms with E-state index in [4.69, 9.17) is 42.1 Å². The first-order valence-electron chi connectivity index (χ1n) is 3.26. The van der Waals surface area contributed by atoms with Gasteiger partial charge in [0.2, 0.25) is 5.95 Å². The van der Waals surface area contributed by atoms with Crippen LogP contribution in [0.2, 0.25) is 0 Å². The van der Waals surface area contributed by atoms with Crippen LogP contribution < -0.4 is 11.5 Å². The Bertz CT molecular complexity index is 306. The fraction of sp³-hybridized carbons (Fsp3) is 0. The fourth-order valence-electron chi connectivity index (χ4n) is 0.388. The molecule has 0 fully saturated rings. The minimum absolute atomic E-state index is 0.213. The Kier molecular flexibility index (Phi) is 8.42. The van der Waals surface area contributed by atoms with Gasteiger partial charge in [0.25, 0.3) is 10.2 Å². The highest BCUT2D eigenvalue weighted by Gasteiger charge is 1.84. The fourth-order valence-corrected chi connectivity index (χ4v) is 0.388. The van der Waals surface area contributed by atoms with E-state index in [9.17, 15) is 0 Å². The van der Waals surface area contributed by atoms with E-state index in [-0.39, 0.29) is 5.95 Å². The average molecular weight is 236 g/mol. The van der Waals surface area contributed by atoms with Crippen LogP contribution in [0.3, 0.4) is 0 Å². The molecule has 0 saturated carbocycles. The predicted molar refractivity (Wildman–Crippen MR) is 48.4 cm³/mol. The van der Waals surface area contributed by atoms with Crippen LogP contribution in [0.1, 0.15) is 0 Å². The number of nitrogens with two attached hydrogens (primary N) is 2. The lowest BCUT2D eigenvalue weighted by molar-refractivity contribution is -0.742. The van der Waals surface area contributed by atoms with Gasteiger partial charge in [0.1, 0.15) is 5.82 Å². The molecule has 90 valence electrons. The summed E-state index contributed by atoms with van der Waals surface area (Å²) in [6.07, 6.45) is 1.51. The van der Waals surface area contributed by atoms with Crippen LogP contribution in [0.4, 0.5) is 11.8 Å². The van der Waals surface area contributed by atoms with E-state index in [0.717, 1.165) is 0 Å². The number of hydrogen-bond donors (Lipinski definition) is 4. The summed E-state index contributed by atoms with van der Waals surface area (Å²) in [5.74, 6) is 0.613. The molecule has 1 rings (SSSR count). The summed E-state index contributed by atoms with van der Waals surface area (Å²) in [5, 5.41) is 27.3. The Labute approximate surface area is 87.4 Å². The second kappa shape index (κ2) is 8.67. The summed E-state index contributed by atoms with van der Waals surface area (Å²) in [6.45, 7) is 0. The van der Waals surface area contributed by atoms with Gasteiger partial charge in [-0.25, -0.2) is 4.98 Å². The minimum atomic E-state index is -1.50. The first-order chi connectivity index (χ1) is 7.25. The van der Waals surface area contributed by atoms with E-state index in [1.807, 2.05) is 0 Å². The van der Waals surface area contributed by atoms with Crippen LogP contribution in [0.15, 0.2) is 12.3 Å². The summed E-state index contributed by atoms with van der Waals surface area (Å²) in [4.78, 5) is 24.0. The van der Waals surface area contributed by atoms with Crippen LogP contribution >= 0.6 is 0 Å². The van der Waals surface area contributed by atoms with Gasteiger partial charge in [0.15, 0.2) is 0 Å². The highest BCUT2D eigenvalue weighted by atomic mass is 16.9. The van der Waals surface area contributed by atoms with Crippen molar-refractivity contribution in [1.29, 1.82) is 0 Å². The van der Waals surface area contributed by atoms with Gasteiger partial charge in [-0.3, -0.25) is 0 Å². The van der Waals surface area contributed by atoms with Crippen molar-refractivity contribution in [2.24, 2.45) is 0 Å². The summed E-state index contributed by atoms with van der Waals surface area (Å²) in [5.41, 5.74) is 10.4. The standard InChI is InChI=1S/C4H6N4.2HNO3/c5-3-1-2-7-4(6)8-3;2*2-1(3)4/h1-2H,(H4,5,6,7,8);2*(H,2,3,4). The minimum Gasteiger partial charge on any atom is -0.384 e. The molecular weight excluding hydrogens is 228 g/mol. The Morgan fingerprint density at radius 1 is 1.19 bits per heavy atom. The van der Waals surface area contributed by atoms with Crippen LogP contribution in [0.25, 0.3) is 0 Å². The molecule has 12 nitrogen and oxygen atoms in total. The quantitative estimate of drug-likeness (QED) is 0.317. The average Bonchev–Trinajstić information content (AvgIpc) is 2.00. The zero-order valence-electron chi connectivity index (χ0n) is 7.63. The zero-order valence-corrected chi connectivity index (χ0v) is 7.63. The van der Waals surface area contributed by atoms with Crippen LogP contribution in [-0.4, -0.2) is 30.6 Å². The summed E-state index contributed by atoms with van der Waals surface area (Å²) >= 11 is 0. The monoisotopic (exact) mass is 236 g/mol. The topological polar surface area (TPSA) is 205 Å². The molecule has 0 radical (unpaired) electrons. The lowest BCUT2D eigenvalue weighted by Crippen LogP contribution is -1.96. The van der Waals surface area contributed by atoms with E-state index in [1.165, 1.54) is 6.20 Å². The van der Waals surface area contributed by atoms with Crippen molar-refractivity contribution in [2.75, 3.05) is 11.5 Å². The van der Waals surface area contributed by atoms with E-state index >= 15 is 0 Å². The second-order valence-corrected chi connectivity index (χ2v) is 1.82. The van der Waals surface area contributed by atoms with Gasteiger partial charge in [-0.15, -0.1) is 20.2 Å². The molecule has 12 heteroatoms. The molecule has 0 saturated heterocycles. The van der Waals surface area contributed by atoms with Crippen molar-refractivity contribution < 1.29 is 20.6 Å². The number of nitrogen functional groups attached to an aromatic ring is 2. The number of nitrogens with zero attached hydrogens (tertiary/aromatic N) is 4. The maximum absolute atomic E-state index is 8.36. The predicted octanol–water partition coefficient (Wildman–Crippen LogP) is -1.05. The first-order valence-corrected chi connectivity index (χ1v) is 3.26. The molecule has 1 aromatic rings. The van der Waals surface area contributed by atoms with Gasteiger partial charge in [0, 0.05) is 6.20 Å². The van der Waals surface area contributed by atoms with E-state index in [2.05, 4.69) is 9.97 Å². The van der Waals surface area contributed by atoms with Gasteiger partial charge >= 0.3 is 0 Å². The lowest BCUT2D eigenvalue weighted by Gasteiger charge is -1.89. The van der Waals surface area contributed by atoms with Gasteiger partial charge in [-0.05, 0) is 6.07 Å². The van der Waals surface area contributed by atoms with Gasteiger partial charge in [-0.2, -0.15) is 4.98 Å². The number of anilines is 2. The summed E-state index contributed by atoms with van der Waals surface area (Å²) in [7, 11) is 0. The molecule has 0 spiro atoms. The Hall–Kier alpha value is -2.92. The zero-order chi connectivity index (χ0) is 13.1. The third-order valence-corrected chi connectivity index (χ3v) is 0.696. The molecule has 0 bridgehead atoms. The summed E-state index contributed by atoms with van der Waals surface area (Å²) in [6, 6.07) is 1.58. The Balaban J connectivity index is 0. The molecule has 0 unspecified atom stereocenters. The van der Waals surface area contributed by atoms with Crippen LogP contribution in [0, 0.1) is 20.2 Å². The third kappa shape index (κ3) is 22.5. The van der Waals surface area contributed by atoms with Crippen molar-refractivity contribution >= 4 is 11.8 Å². The molecule has 1 heterocycles. The molecule has 0 aliphatic heterocycles. The van der Waals surface area contributed by atoms with Crippen molar-refractivity contribution in [3.63, 3.8) is 0 Å².